The summed E-state index contributed by atoms with van der Waals surface area (Å²) in [5.74, 6) is 0.493. The zero-order valence-electron chi connectivity index (χ0n) is 16.7. The van der Waals surface area contributed by atoms with Crippen LogP contribution in [0.15, 0.2) is 60.4 Å². The van der Waals surface area contributed by atoms with Gasteiger partial charge in [0, 0.05) is 30.5 Å². The van der Waals surface area contributed by atoms with Crippen molar-refractivity contribution in [3.8, 4) is 0 Å². The summed E-state index contributed by atoms with van der Waals surface area (Å²) in [6.45, 7) is 7.46. The van der Waals surface area contributed by atoms with Crippen molar-refractivity contribution in [2.24, 2.45) is 0 Å². The van der Waals surface area contributed by atoms with Gasteiger partial charge in [-0.1, -0.05) is 42.5 Å². The topological polar surface area (TPSA) is 56.7 Å². The van der Waals surface area contributed by atoms with Crippen LogP contribution in [0.2, 0.25) is 0 Å². The highest BCUT2D eigenvalue weighted by atomic mass is 35.5. The normalized spacial score (nSPS) is 12.5. The fourth-order valence-electron chi connectivity index (χ4n) is 2.96. The van der Waals surface area contributed by atoms with Crippen molar-refractivity contribution in [2.45, 2.75) is 33.4 Å². The number of aromatic nitrogens is 1. The van der Waals surface area contributed by atoms with E-state index in [1.807, 2.05) is 62.4 Å². The van der Waals surface area contributed by atoms with Gasteiger partial charge in [-0.3, -0.25) is 4.79 Å². The first-order valence-electron chi connectivity index (χ1n) is 9.42. The van der Waals surface area contributed by atoms with Gasteiger partial charge in [0.1, 0.15) is 11.7 Å². The molecule has 5 nitrogen and oxygen atoms in total. The lowest BCUT2D eigenvalue weighted by Crippen LogP contribution is -2.35. The van der Waals surface area contributed by atoms with Crippen molar-refractivity contribution < 1.29 is 9.90 Å². The van der Waals surface area contributed by atoms with Crippen LogP contribution in [0.3, 0.4) is 0 Å². The highest BCUT2D eigenvalue weighted by Gasteiger charge is 2.19. The molecule has 0 spiro atoms. The first-order chi connectivity index (χ1) is 13.5. The highest BCUT2D eigenvalue weighted by Crippen LogP contribution is 2.21. The third-order valence-electron chi connectivity index (χ3n) is 4.67. The van der Waals surface area contributed by atoms with E-state index in [0.717, 1.165) is 23.6 Å². The molecular weight excluding hydrogens is 374 g/mol. The number of amides is 1. The number of hydrogen-bond acceptors (Lipinski definition) is 4. The lowest BCUT2D eigenvalue weighted by molar-refractivity contribution is -0.130. The number of carbonyl (C=O) groups excluding carboxylic acids is 1. The van der Waals surface area contributed by atoms with E-state index in [-0.39, 0.29) is 18.3 Å². The van der Waals surface area contributed by atoms with Gasteiger partial charge >= 0.3 is 0 Å². The first kappa shape index (κ1) is 21.9. The summed E-state index contributed by atoms with van der Waals surface area (Å²) in [4.78, 5) is 20.4. The van der Waals surface area contributed by atoms with E-state index in [2.05, 4.69) is 16.8 Å². The molecule has 28 heavy (non-hydrogen) atoms. The SMILES string of the molecule is C/C=C(/C)N(CC)c1ccc(C(O)CN(Cc2ccccc2)C(=O)CCl)cn1. The second-order valence-corrected chi connectivity index (χ2v) is 6.80. The smallest absolute Gasteiger partial charge is 0.237 e. The van der Waals surface area contributed by atoms with E-state index in [4.69, 9.17) is 11.6 Å². The Hall–Kier alpha value is -2.37. The van der Waals surface area contributed by atoms with Crippen molar-refractivity contribution in [3.63, 3.8) is 0 Å². The van der Waals surface area contributed by atoms with Crippen LogP contribution in [0.4, 0.5) is 5.82 Å². The number of carbonyl (C=O) groups is 1. The molecule has 6 heteroatoms. The summed E-state index contributed by atoms with van der Waals surface area (Å²) >= 11 is 5.76. The van der Waals surface area contributed by atoms with E-state index in [9.17, 15) is 9.90 Å². The van der Waals surface area contributed by atoms with Gasteiger partial charge in [-0.2, -0.15) is 0 Å². The molecule has 1 atom stereocenters. The van der Waals surface area contributed by atoms with Crippen LogP contribution >= 0.6 is 11.6 Å². The maximum atomic E-state index is 12.2. The van der Waals surface area contributed by atoms with Crippen molar-refractivity contribution in [1.82, 2.24) is 9.88 Å². The molecule has 1 unspecified atom stereocenters. The lowest BCUT2D eigenvalue weighted by atomic mass is 10.1. The number of benzene rings is 1. The van der Waals surface area contributed by atoms with Crippen molar-refractivity contribution in [2.75, 3.05) is 23.9 Å². The number of pyridine rings is 1. The number of rotatable bonds is 9. The number of aliphatic hydroxyl groups excluding tert-OH is 1. The predicted octanol–water partition coefficient (Wildman–Crippen LogP) is 4.13. The Morgan fingerprint density at radius 1 is 1.25 bits per heavy atom. The number of alkyl halides is 1. The van der Waals surface area contributed by atoms with Crippen molar-refractivity contribution >= 4 is 23.3 Å². The Morgan fingerprint density at radius 3 is 2.50 bits per heavy atom. The third-order valence-corrected chi connectivity index (χ3v) is 4.90. The van der Waals surface area contributed by atoms with Crippen LogP contribution in [-0.2, 0) is 11.3 Å². The zero-order chi connectivity index (χ0) is 20.5. The standard InChI is InChI=1S/C22H28ClN3O2/c1-4-17(3)26(5-2)21-12-11-19(14-24-21)20(27)16-25(22(28)13-23)15-18-9-7-6-8-10-18/h4,6-12,14,20,27H,5,13,15-16H2,1-3H3/b17-4-. The van der Waals surface area contributed by atoms with Crippen LogP contribution in [0, 0.1) is 0 Å². The van der Waals surface area contributed by atoms with Crippen LogP contribution < -0.4 is 4.90 Å². The molecule has 0 aliphatic rings. The maximum absolute atomic E-state index is 12.2. The van der Waals surface area contributed by atoms with Gasteiger partial charge in [0.15, 0.2) is 0 Å². The highest BCUT2D eigenvalue weighted by molar-refractivity contribution is 6.27. The molecule has 0 aliphatic carbocycles. The summed E-state index contributed by atoms with van der Waals surface area (Å²) in [6, 6.07) is 13.4. The largest absolute Gasteiger partial charge is 0.386 e. The molecule has 0 saturated heterocycles. The first-order valence-corrected chi connectivity index (χ1v) is 9.95. The van der Waals surface area contributed by atoms with Crippen molar-refractivity contribution in [1.29, 1.82) is 0 Å². The number of anilines is 1. The fraction of sp³-hybridized carbons (Fsp3) is 0.364. The zero-order valence-corrected chi connectivity index (χ0v) is 17.4. The van der Waals surface area contributed by atoms with E-state index >= 15 is 0 Å². The number of nitrogens with zero attached hydrogens (tertiary/aromatic N) is 3. The number of allylic oxidation sites excluding steroid dienone is 2. The number of hydrogen-bond donors (Lipinski definition) is 1. The second kappa shape index (κ2) is 10.8. The molecule has 0 fully saturated rings. The van der Waals surface area contributed by atoms with Crippen LogP contribution in [0.25, 0.3) is 0 Å². The molecule has 0 bridgehead atoms. The van der Waals surface area contributed by atoms with Gasteiger partial charge in [-0.05, 0) is 32.4 Å². The number of halogens is 1. The summed E-state index contributed by atoms with van der Waals surface area (Å²) < 4.78 is 0. The van der Waals surface area contributed by atoms with Crippen LogP contribution in [0.5, 0.6) is 0 Å². The molecule has 0 radical (unpaired) electrons. The Balaban J connectivity index is 2.12. The second-order valence-electron chi connectivity index (χ2n) is 6.53. The molecule has 0 aliphatic heterocycles. The van der Waals surface area contributed by atoms with Crippen LogP contribution in [0.1, 0.15) is 38.0 Å². The molecular formula is C22H28ClN3O2. The Morgan fingerprint density at radius 2 is 1.96 bits per heavy atom. The molecule has 1 heterocycles. The minimum Gasteiger partial charge on any atom is -0.386 e. The van der Waals surface area contributed by atoms with Crippen LogP contribution in [-0.4, -0.2) is 39.9 Å². The third kappa shape index (κ3) is 5.81. The number of aliphatic hydroxyl groups is 1. The molecule has 0 saturated carbocycles. The fourth-order valence-corrected chi connectivity index (χ4v) is 3.13. The molecule has 1 aromatic heterocycles. The quantitative estimate of drug-likeness (QED) is 0.642. The Kier molecular flexibility index (Phi) is 8.48. The molecule has 2 aromatic rings. The van der Waals surface area contributed by atoms with E-state index in [1.54, 1.807) is 11.1 Å². The minimum absolute atomic E-state index is 0.120. The average Bonchev–Trinajstić information content (AvgIpc) is 2.74. The van der Waals surface area contributed by atoms with E-state index in [1.165, 1.54) is 0 Å². The maximum Gasteiger partial charge on any atom is 0.237 e. The van der Waals surface area contributed by atoms with Gasteiger partial charge in [0.05, 0.1) is 12.6 Å². The summed E-state index contributed by atoms with van der Waals surface area (Å²) in [6.07, 6.45) is 2.86. The lowest BCUT2D eigenvalue weighted by Gasteiger charge is -2.26. The molecule has 1 N–H and O–H groups in total. The van der Waals surface area contributed by atoms with E-state index in [0.29, 0.717) is 12.1 Å². The molecule has 150 valence electrons. The van der Waals surface area contributed by atoms with E-state index < -0.39 is 6.10 Å². The average molecular weight is 402 g/mol. The molecule has 2 rings (SSSR count). The van der Waals surface area contributed by atoms with Gasteiger partial charge < -0.3 is 14.9 Å². The van der Waals surface area contributed by atoms with Crippen molar-refractivity contribution in [3.05, 3.63) is 71.6 Å². The van der Waals surface area contributed by atoms with Gasteiger partial charge in [-0.15, -0.1) is 11.6 Å². The predicted molar refractivity (Wildman–Crippen MR) is 114 cm³/mol. The van der Waals surface area contributed by atoms with Gasteiger partial charge in [0.2, 0.25) is 5.91 Å². The summed E-state index contributed by atoms with van der Waals surface area (Å²) in [5.41, 5.74) is 2.77. The molecule has 1 aromatic carbocycles. The van der Waals surface area contributed by atoms with Gasteiger partial charge in [0.25, 0.3) is 0 Å². The summed E-state index contributed by atoms with van der Waals surface area (Å²) in [7, 11) is 0. The Labute approximate surface area is 172 Å². The Bertz CT molecular complexity index is 778. The minimum atomic E-state index is -0.838. The van der Waals surface area contributed by atoms with Gasteiger partial charge in [-0.25, -0.2) is 4.98 Å². The molecule has 1 amide bonds. The summed E-state index contributed by atoms with van der Waals surface area (Å²) in [5, 5.41) is 10.7. The monoisotopic (exact) mass is 401 g/mol.